The van der Waals surface area contributed by atoms with Crippen molar-refractivity contribution in [2.45, 2.75) is 26.4 Å². The molecule has 1 unspecified atom stereocenters. The maximum atomic E-state index is 13.2. The number of hydrogen-bond donors (Lipinski definition) is 0. The fourth-order valence-electron chi connectivity index (χ4n) is 3.10. The number of imide groups is 1. The first-order valence-electron chi connectivity index (χ1n) is 8.41. The topological polar surface area (TPSA) is 66.9 Å². The molecular weight excluding hydrogens is 351 g/mol. The first-order chi connectivity index (χ1) is 12.8. The van der Waals surface area contributed by atoms with Crippen LogP contribution in [-0.4, -0.2) is 35.8 Å². The Balaban J connectivity index is 1.93. The van der Waals surface area contributed by atoms with Gasteiger partial charge in [-0.2, -0.15) is 0 Å². The maximum Gasteiger partial charge on any atom is 0.332 e. The summed E-state index contributed by atoms with van der Waals surface area (Å²) in [7, 11) is 1.48. The summed E-state index contributed by atoms with van der Waals surface area (Å²) in [5.74, 6) is -0.445. The lowest BCUT2D eigenvalue weighted by molar-refractivity contribution is -0.127. The van der Waals surface area contributed by atoms with Gasteiger partial charge >= 0.3 is 6.03 Å². The Kier molecular flexibility index (Phi) is 4.94. The Hall–Kier alpha value is -3.22. The van der Waals surface area contributed by atoms with Crippen molar-refractivity contribution in [2.75, 3.05) is 12.0 Å². The predicted molar refractivity (Wildman–Crippen MR) is 97.3 cm³/mol. The summed E-state index contributed by atoms with van der Waals surface area (Å²) in [6, 6.07) is 9.05. The smallest absolute Gasteiger partial charge is 0.332 e. The minimum absolute atomic E-state index is 0.0238. The molecule has 0 aromatic heterocycles. The Morgan fingerprint density at radius 1 is 1.15 bits per heavy atom. The molecule has 0 radical (unpaired) electrons. The number of methoxy groups -OCH3 is 1. The molecule has 7 heteroatoms. The van der Waals surface area contributed by atoms with Gasteiger partial charge in [0.15, 0.2) is 5.78 Å². The lowest BCUT2D eigenvalue weighted by Gasteiger charge is -2.20. The zero-order valence-corrected chi connectivity index (χ0v) is 15.2. The Bertz CT molecular complexity index is 911. The number of halogens is 1. The van der Waals surface area contributed by atoms with Crippen LogP contribution >= 0.6 is 0 Å². The van der Waals surface area contributed by atoms with Crippen LogP contribution in [0.2, 0.25) is 0 Å². The van der Waals surface area contributed by atoms with Gasteiger partial charge in [0.05, 0.1) is 13.7 Å². The molecule has 1 fully saturated rings. The molecule has 0 bridgehead atoms. The van der Waals surface area contributed by atoms with E-state index in [4.69, 9.17) is 4.74 Å². The van der Waals surface area contributed by atoms with Crippen molar-refractivity contribution in [3.05, 3.63) is 59.4 Å². The number of rotatable bonds is 5. The molecule has 1 saturated heterocycles. The molecule has 3 rings (SSSR count). The van der Waals surface area contributed by atoms with E-state index < -0.39 is 17.9 Å². The number of ketones is 1. The quantitative estimate of drug-likeness (QED) is 0.598. The number of urea groups is 1. The van der Waals surface area contributed by atoms with E-state index >= 15 is 0 Å². The van der Waals surface area contributed by atoms with E-state index in [0.29, 0.717) is 22.6 Å². The highest BCUT2D eigenvalue weighted by Crippen LogP contribution is 2.29. The fourth-order valence-corrected chi connectivity index (χ4v) is 3.10. The molecule has 1 heterocycles. The summed E-state index contributed by atoms with van der Waals surface area (Å²) in [5, 5.41) is 0. The highest BCUT2D eigenvalue weighted by Gasteiger charge is 2.43. The van der Waals surface area contributed by atoms with E-state index in [1.54, 1.807) is 25.1 Å². The molecule has 27 heavy (non-hydrogen) atoms. The molecule has 2 aromatic carbocycles. The third-order valence-electron chi connectivity index (χ3n) is 4.57. The molecule has 0 aliphatic carbocycles. The minimum Gasteiger partial charge on any atom is -0.496 e. The summed E-state index contributed by atoms with van der Waals surface area (Å²) >= 11 is 0. The number of carbonyl (C=O) groups is 3. The highest BCUT2D eigenvalue weighted by atomic mass is 19.1. The summed E-state index contributed by atoms with van der Waals surface area (Å²) in [6.45, 7) is 3.03. The van der Waals surface area contributed by atoms with Crippen LogP contribution in [0.15, 0.2) is 42.5 Å². The van der Waals surface area contributed by atoms with Crippen LogP contribution in [0.4, 0.5) is 14.9 Å². The van der Waals surface area contributed by atoms with Gasteiger partial charge in [0.25, 0.3) is 5.91 Å². The molecule has 1 aliphatic rings. The third kappa shape index (κ3) is 3.40. The number of nitrogens with zero attached hydrogens (tertiary/aromatic N) is 2. The number of amides is 3. The molecule has 0 N–H and O–H groups in total. The van der Waals surface area contributed by atoms with Gasteiger partial charge in [-0.3, -0.25) is 19.4 Å². The van der Waals surface area contributed by atoms with Gasteiger partial charge in [0.1, 0.15) is 17.6 Å². The molecule has 1 aliphatic heterocycles. The number of Topliss-reactive ketones (excluding diaryl/α,β-unsaturated/α-hetero) is 1. The Labute approximate surface area is 156 Å². The first-order valence-corrected chi connectivity index (χ1v) is 8.41. The largest absolute Gasteiger partial charge is 0.496 e. The molecule has 0 saturated carbocycles. The zero-order valence-electron chi connectivity index (χ0n) is 15.2. The van der Waals surface area contributed by atoms with Gasteiger partial charge < -0.3 is 4.74 Å². The summed E-state index contributed by atoms with van der Waals surface area (Å²) in [4.78, 5) is 39.6. The highest BCUT2D eigenvalue weighted by molar-refractivity contribution is 6.14. The van der Waals surface area contributed by atoms with Gasteiger partial charge in [-0.15, -0.1) is 0 Å². The fraction of sp³-hybridized carbons (Fsp3) is 0.250. The number of anilines is 1. The van der Waals surface area contributed by atoms with Crippen LogP contribution in [0.5, 0.6) is 5.75 Å². The van der Waals surface area contributed by atoms with Crippen LogP contribution in [0, 0.1) is 5.82 Å². The molecule has 2 aromatic rings. The molecule has 0 spiro atoms. The van der Waals surface area contributed by atoms with E-state index in [2.05, 4.69) is 0 Å². The molecule has 140 valence electrons. The van der Waals surface area contributed by atoms with Gasteiger partial charge in [-0.1, -0.05) is 0 Å². The second-order valence-corrected chi connectivity index (χ2v) is 6.31. The number of hydrogen-bond acceptors (Lipinski definition) is 4. The SMILES string of the molecule is COc1ccc(C(C)=O)cc1CN1C(=O)C(C)N(c2ccc(F)cc2)C1=O. The van der Waals surface area contributed by atoms with Crippen molar-refractivity contribution in [3.8, 4) is 5.75 Å². The van der Waals surface area contributed by atoms with Crippen LogP contribution in [0.3, 0.4) is 0 Å². The summed E-state index contributed by atoms with van der Waals surface area (Å²) in [5.41, 5.74) is 1.46. The van der Waals surface area contributed by atoms with Crippen molar-refractivity contribution >= 4 is 23.4 Å². The standard InChI is InChI=1S/C20H19FN2O4/c1-12-19(25)22(20(26)23(12)17-7-5-16(21)6-8-17)11-15-10-14(13(2)24)4-9-18(15)27-3/h4-10,12H,11H2,1-3H3. The Morgan fingerprint density at radius 3 is 2.41 bits per heavy atom. The average Bonchev–Trinajstić information content (AvgIpc) is 2.86. The number of carbonyl (C=O) groups excluding carboxylic acids is 3. The van der Waals surface area contributed by atoms with Crippen LogP contribution in [-0.2, 0) is 11.3 Å². The lowest BCUT2D eigenvalue weighted by atomic mass is 10.1. The van der Waals surface area contributed by atoms with E-state index in [-0.39, 0.29) is 18.2 Å². The van der Waals surface area contributed by atoms with Crippen molar-refractivity contribution in [2.24, 2.45) is 0 Å². The van der Waals surface area contributed by atoms with Crippen LogP contribution in [0.1, 0.15) is 29.8 Å². The predicted octanol–water partition coefficient (Wildman–Crippen LogP) is 3.39. The molecule has 1 atom stereocenters. The van der Waals surface area contributed by atoms with Gasteiger partial charge in [0, 0.05) is 16.8 Å². The number of ether oxygens (including phenoxy) is 1. The molecular formula is C20H19FN2O4. The first kappa shape index (κ1) is 18.6. The average molecular weight is 370 g/mol. The van der Waals surface area contributed by atoms with Gasteiger partial charge in [-0.05, 0) is 56.3 Å². The second kappa shape index (κ2) is 7.19. The summed E-state index contributed by atoms with van der Waals surface area (Å²) < 4.78 is 18.5. The second-order valence-electron chi connectivity index (χ2n) is 6.31. The molecule has 3 amide bonds. The van der Waals surface area contributed by atoms with Crippen molar-refractivity contribution in [1.82, 2.24) is 4.90 Å². The third-order valence-corrected chi connectivity index (χ3v) is 4.57. The zero-order chi connectivity index (χ0) is 19.7. The van der Waals surface area contributed by atoms with E-state index in [1.165, 1.54) is 43.2 Å². The van der Waals surface area contributed by atoms with Crippen LogP contribution < -0.4 is 9.64 Å². The minimum atomic E-state index is -0.718. The van der Waals surface area contributed by atoms with E-state index in [0.717, 1.165) is 4.90 Å². The van der Waals surface area contributed by atoms with Crippen molar-refractivity contribution in [1.29, 1.82) is 0 Å². The normalized spacial score (nSPS) is 16.8. The lowest BCUT2D eigenvalue weighted by Crippen LogP contribution is -2.33. The number of benzene rings is 2. The van der Waals surface area contributed by atoms with Crippen LogP contribution in [0.25, 0.3) is 0 Å². The van der Waals surface area contributed by atoms with E-state index in [9.17, 15) is 18.8 Å². The van der Waals surface area contributed by atoms with Crippen molar-refractivity contribution in [3.63, 3.8) is 0 Å². The van der Waals surface area contributed by atoms with Gasteiger partial charge in [0.2, 0.25) is 0 Å². The molecule has 6 nitrogen and oxygen atoms in total. The monoisotopic (exact) mass is 370 g/mol. The van der Waals surface area contributed by atoms with E-state index in [1.807, 2.05) is 0 Å². The summed E-state index contributed by atoms with van der Waals surface area (Å²) in [6.07, 6.45) is 0. The maximum absolute atomic E-state index is 13.2. The Morgan fingerprint density at radius 2 is 1.81 bits per heavy atom. The van der Waals surface area contributed by atoms with Gasteiger partial charge in [-0.25, -0.2) is 9.18 Å². The van der Waals surface area contributed by atoms with Crippen molar-refractivity contribution < 1.29 is 23.5 Å².